The van der Waals surface area contributed by atoms with Crippen molar-refractivity contribution in [3.63, 3.8) is 0 Å². The van der Waals surface area contributed by atoms with Gasteiger partial charge in [0, 0.05) is 15.7 Å². The highest BCUT2D eigenvalue weighted by molar-refractivity contribution is 9.10. The minimum Gasteiger partial charge on any atom is -0.481 e. The molecule has 2 aromatic rings. The highest BCUT2D eigenvalue weighted by Crippen LogP contribution is 2.17. The summed E-state index contributed by atoms with van der Waals surface area (Å²) in [6.07, 6.45) is 0.0240. The molecule has 0 bridgehead atoms. The quantitative estimate of drug-likeness (QED) is 0.941. The van der Waals surface area contributed by atoms with Gasteiger partial charge in [-0.15, -0.1) is 0 Å². The number of nitrogens with zero attached hydrogens (tertiary/aromatic N) is 2. The van der Waals surface area contributed by atoms with Crippen molar-refractivity contribution in [2.75, 3.05) is 0 Å². The van der Waals surface area contributed by atoms with E-state index in [4.69, 9.17) is 5.11 Å². The van der Waals surface area contributed by atoms with Gasteiger partial charge in [-0.2, -0.15) is 5.10 Å². The molecule has 0 fully saturated rings. The zero-order valence-electron chi connectivity index (χ0n) is 10.9. The molecule has 4 nitrogen and oxygen atoms in total. The predicted molar refractivity (Wildman–Crippen MR) is 76.3 cm³/mol. The highest BCUT2D eigenvalue weighted by Gasteiger charge is 2.14. The smallest absolute Gasteiger partial charge is 0.307 e. The summed E-state index contributed by atoms with van der Waals surface area (Å²) >= 11 is 3.44. The zero-order chi connectivity index (χ0) is 14.0. The number of carboxylic acid groups (broad SMARTS) is 1. The number of benzene rings is 1. The molecule has 1 aromatic heterocycles. The van der Waals surface area contributed by atoms with E-state index in [1.807, 2.05) is 42.8 Å². The van der Waals surface area contributed by atoms with Crippen LogP contribution in [0.15, 0.2) is 28.7 Å². The second kappa shape index (κ2) is 5.57. The van der Waals surface area contributed by atoms with E-state index < -0.39 is 5.97 Å². The van der Waals surface area contributed by atoms with E-state index in [-0.39, 0.29) is 6.42 Å². The van der Waals surface area contributed by atoms with Gasteiger partial charge < -0.3 is 5.11 Å². The number of aromatic nitrogens is 2. The van der Waals surface area contributed by atoms with Crippen molar-refractivity contribution in [1.29, 1.82) is 0 Å². The van der Waals surface area contributed by atoms with Crippen LogP contribution in [0.2, 0.25) is 0 Å². The van der Waals surface area contributed by atoms with Crippen molar-refractivity contribution in [2.45, 2.75) is 26.8 Å². The van der Waals surface area contributed by atoms with Crippen LogP contribution >= 0.6 is 15.9 Å². The molecule has 0 radical (unpaired) electrons. The molecule has 1 aromatic carbocycles. The first-order valence-corrected chi connectivity index (χ1v) is 6.76. The molecule has 0 aliphatic rings. The third kappa shape index (κ3) is 3.23. The maximum atomic E-state index is 10.8. The minimum atomic E-state index is -0.826. The number of halogens is 1. The normalized spacial score (nSPS) is 10.7. The number of hydrogen-bond acceptors (Lipinski definition) is 2. The van der Waals surface area contributed by atoms with Gasteiger partial charge in [-0.3, -0.25) is 9.48 Å². The number of rotatable bonds is 4. The molecule has 0 amide bonds. The molecule has 0 saturated carbocycles. The fourth-order valence-electron chi connectivity index (χ4n) is 2.10. The van der Waals surface area contributed by atoms with Gasteiger partial charge in [0.1, 0.15) is 0 Å². The second-order valence-corrected chi connectivity index (χ2v) is 5.42. The fourth-order valence-corrected chi connectivity index (χ4v) is 2.55. The standard InChI is InChI=1S/C14H15BrN2O2/c1-9-13(7-14(18)19)10(2)17(16-9)8-11-4-3-5-12(15)6-11/h3-6H,7-8H2,1-2H3,(H,18,19). The van der Waals surface area contributed by atoms with Crippen molar-refractivity contribution in [3.05, 3.63) is 51.3 Å². The first-order valence-electron chi connectivity index (χ1n) is 5.96. The van der Waals surface area contributed by atoms with Gasteiger partial charge in [0.2, 0.25) is 0 Å². The Balaban J connectivity index is 2.29. The molecule has 0 spiro atoms. The summed E-state index contributed by atoms with van der Waals surface area (Å²) in [7, 11) is 0. The van der Waals surface area contributed by atoms with Crippen LogP contribution in [-0.4, -0.2) is 20.9 Å². The Labute approximate surface area is 120 Å². The monoisotopic (exact) mass is 322 g/mol. The first kappa shape index (κ1) is 13.8. The summed E-state index contributed by atoms with van der Waals surface area (Å²) in [5.74, 6) is -0.826. The van der Waals surface area contributed by atoms with E-state index in [1.165, 1.54) is 0 Å². The molecule has 100 valence electrons. The van der Waals surface area contributed by atoms with Gasteiger partial charge in [-0.05, 0) is 31.5 Å². The number of hydrogen-bond donors (Lipinski definition) is 1. The van der Waals surface area contributed by atoms with Gasteiger partial charge in [-0.1, -0.05) is 28.1 Å². The van der Waals surface area contributed by atoms with Gasteiger partial charge in [0.05, 0.1) is 18.7 Å². The van der Waals surface area contributed by atoms with Gasteiger partial charge >= 0.3 is 5.97 Å². The molecule has 1 N–H and O–H groups in total. The van der Waals surface area contributed by atoms with E-state index in [2.05, 4.69) is 21.0 Å². The van der Waals surface area contributed by atoms with Crippen LogP contribution < -0.4 is 0 Å². The molecular formula is C14H15BrN2O2. The van der Waals surface area contributed by atoms with Crippen LogP contribution in [-0.2, 0) is 17.8 Å². The number of carbonyl (C=O) groups is 1. The molecule has 0 saturated heterocycles. The summed E-state index contributed by atoms with van der Waals surface area (Å²) in [5, 5.41) is 13.3. The van der Waals surface area contributed by atoms with E-state index in [0.29, 0.717) is 6.54 Å². The highest BCUT2D eigenvalue weighted by atomic mass is 79.9. The van der Waals surface area contributed by atoms with Crippen molar-refractivity contribution in [2.24, 2.45) is 0 Å². The average Bonchev–Trinajstić information content (AvgIpc) is 2.57. The van der Waals surface area contributed by atoms with Crippen molar-refractivity contribution in [1.82, 2.24) is 9.78 Å². The summed E-state index contributed by atoms with van der Waals surface area (Å²) in [5.41, 5.74) is 3.64. The SMILES string of the molecule is Cc1nn(Cc2cccc(Br)c2)c(C)c1CC(=O)O. The number of aryl methyl sites for hydroxylation is 1. The second-order valence-electron chi connectivity index (χ2n) is 4.51. The Bertz CT molecular complexity index is 620. The lowest BCUT2D eigenvalue weighted by molar-refractivity contribution is -0.136. The lowest BCUT2D eigenvalue weighted by Crippen LogP contribution is -2.06. The average molecular weight is 323 g/mol. The topological polar surface area (TPSA) is 55.1 Å². The maximum Gasteiger partial charge on any atom is 0.307 e. The lowest BCUT2D eigenvalue weighted by Gasteiger charge is -2.05. The molecule has 0 atom stereocenters. The van der Waals surface area contributed by atoms with Crippen LogP contribution in [0.4, 0.5) is 0 Å². The van der Waals surface area contributed by atoms with E-state index in [9.17, 15) is 4.79 Å². The van der Waals surface area contributed by atoms with Crippen LogP contribution in [0.5, 0.6) is 0 Å². The lowest BCUT2D eigenvalue weighted by atomic mass is 10.1. The summed E-state index contributed by atoms with van der Waals surface area (Å²) < 4.78 is 2.88. The molecule has 5 heteroatoms. The van der Waals surface area contributed by atoms with Crippen molar-refractivity contribution in [3.8, 4) is 0 Å². The Kier molecular flexibility index (Phi) is 4.04. The Morgan fingerprint density at radius 3 is 2.79 bits per heavy atom. The van der Waals surface area contributed by atoms with Crippen LogP contribution in [0.3, 0.4) is 0 Å². The van der Waals surface area contributed by atoms with E-state index in [1.54, 1.807) is 0 Å². The van der Waals surface area contributed by atoms with E-state index in [0.717, 1.165) is 27.0 Å². The maximum absolute atomic E-state index is 10.8. The van der Waals surface area contributed by atoms with Crippen LogP contribution in [0.25, 0.3) is 0 Å². The minimum absolute atomic E-state index is 0.0240. The number of aliphatic carboxylic acids is 1. The van der Waals surface area contributed by atoms with E-state index >= 15 is 0 Å². The third-order valence-electron chi connectivity index (χ3n) is 3.08. The molecule has 2 rings (SSSR count). The zero-order valence-corrected chi connectivity index (χ0v) is 12.4. The molecular weight excluding hydrogens is 308 g/mol. The van der Waals surface area contributed by atoms with Gasteiger partial charge in [0.25, 0.3) is 0 Å². The van der Waals surface area contributed by atoms with Crippen LogP contribution in [0.1, 0.15) is 22.5 Å². The fraction of sp³-hybridized carbons (Fsp3) is 0.286. The summed E-state index contributed by atoms with van der Waals surface area (Å²) in [6, 6.07) is 8.01. The Morgan fingerprint density at radius 1 is 1.42 bits per heavy atom. The molecule has 0 aliphatic heterocycles. The molecule has 0 unspecified atom stereocenters. The third-order valence-corrected chi connectivity index (χ3v) is 3.57. The van der Waals surface area contributed by atoms with Gasteiger partial charge in [0.15, 0.2) is 0 Å². The van der Waals surface area contributed by atoms with Crippen molar-refractivity contribution < 1.29 is 9.90 Å². The predicted octanol–water partition coefficient (Wildman–Crippen LogP) is 2.94. The Morgan fingerprint density at radius 2 is 2.16 bits per heavy atom. The summed E-state index contributed by atoms with van der Waals surface area (Å²) in [4.78, 5) is 10.8. The first-order chi connectivity index (χ1) is 8.97. The molecule has 0 aliphatic carbocycles. The van der Waals surface area contributed by atoms with Crippen molar-refractivity contribution >= 4 is 21.9 Å². The Hall–Kier alpha value is -1.62. The molecule has 1 heterocycles. The largest absolute Gasteiger partial charge is 0.481 e. The van der Waals surface area contributed by atoms with Gasteiger partial charge in [-0.25, -0.2) is 0 Å². The van der Waals surface area contributed by atoms with Crippen LogP contribution in [0, 0.1) is 13.8 Å². The summed E-state index contributed by atoms with van der Waals surface area (Å²) in [6.45, 7) is 4.41. The number of carboxylic acids is 1. The molecule has 19 heavy (non-hydrogen) atoms.